The Kier molecular flexibility index (Phi) is 4.89. The van der Waals surface area contributed by atoms with Crippen LogP contribution in [-0.2, 0) is 4.74 Å². The van der Waals surface area contributed by atoms with Crippen LogP contribution in [0.3, 0.4) is 0 Å². The molecule has 1 amide bonds. The molecular weight excluding hydrogens is 247 g/mol. The fourth-order valence-corrected chi connectivity index (χ4v) is 1.57. The number of hydrogen-bond acceptors (Lipinski definition) is 3. The highest BCUT2D eigenvalue weighted by molar-refractivity contribution is 5.85. The largest absolute Gasteiger partial charge is 0.444 e. The lowest BCUT2D eigenvalue weighted by Crippen LogP contribution is -2.27. The molecule has 0 saturated heterocycles. The van der Waals surface area contributed by atoms with Crippen molar-refractivity contribution in [1.82, 2.24) is 0 Å². The molecule has 1 aromatic rings. The number of hydrogen-bond donors (Lipinski definition) is 2. The Morgan fingerprint density at radius 1 is 1.47 bits per heavy atom. The van der Waals surface area contributed by atoms with Crippen LogP contribution in [0.1, 0.15) is 38.1 Å². The molecule has 0 radical (unpaired) electrons. The SMILES string of the molecule is Cc1cc(C(F)CN)ccc1NC(=O)OC(C)(C)C. The molecule has 0 aliphatic rings. The van der Waals surface area contributed by atoms with Gasteiger partial charge in [0.15, 0.2) is 0 Å². The second-order valence-electron chi connectivity index (χ2n) is 5.40. The average molecular weight is 268 g/mol. The molecule has 3 N–H and O–H groups in total. The maximum absolute atomic E-state index is 13.4. The first kappa shape index (κ1) is 15.4. The molecule has 0 fully saturated rings. The first-order valence-corrected chi connectivity index (χ1v) is 6.17. The van der Waals surface area contributed by atoms with Gasteiger partial charge in [-0.3, -0.25) is 5.32 Å². The third-order valence-electron chi connectivity index (χ3n) is 2.45. The summed E-state index contributed by atoms with van der Waals surface area (Å²) < 4.78 is 18.6. The summed E-state index contributed by atoms with van der Waals surface area (Å²) in [6.45, 7) is 7.10. The molecular formula is C14H21FN2O2. The number of anilines is 1. The van der Waals surface area contributed by atoms with Crippen LogP contribution in [0.15, 0.2) is 18.2 Å². The van der Waals surface area contributed by atoms with Crippen molar-refractivity contribution in [3.63, 3.8) is 0 Å². The van der Waals surface area contributed by atoms with E-state index in [1.54, 1.807) is 45.9 Å². The zero-order chi connectivity index (χ0) is 14.6. The van der Waals surface area contributed by atoms with E-state index < -0.39 is 17.9 Å². The van der Waals surface area contributed by atoms with Crippen LogP contribution in [0.5, 0.6) is 0 Å². The molecule has 1 unspecified atom stereocenters. The summed E-state index contributed by atoms with van der Waals surface area (Å²) in [6.07, 6.45) is -1.71. The van der Waals surface area contributed by atoms with E-state index >= 15 is 0 Å². The monoisotopic (exact) mass is 268 g/mol. The fourth-order valence-electron chi connectivity index (χ4n) is 1.57. The van der Waals surface area contributed by atoms with Crippen molar-refractivity contribution < 1.29 is 13.9 Å². The molecule has 1 rings (SSSR count). The number of ether oxygens (including phenoxy) is 1. The summed E-state index contributed by atoms with van der Waals surface area (Å²) in [6, 6.07) is 4.93. The zero-order valence-corrected chi connectivity index (χ0v) is 11.8. The van der Waals surface area contributed by atoms with E-state index in [0.29, 0.717) is 11.3 Å². The highest BCUT2D eigenvalue weighted by Crippen LogP contribution is 2.23. The van der Waals surface area contributed by atoms with Crippen molar-refractivity contribution in [1.29, 1.82) is 0 Å². The summed E-state index contributed by atoms with van der Waals surface area (Å²) >= 11 is 0. The van der Waals surface area contributed by atoms with Crippen molar-refractivity contribution in [2.45, 2.75) is 39.5 Å². The molecule has 0 aliphatic carbocycles. The third-order valence-corrected chi connectivity index (χ3v) is 2.45. The van der Waals surface area contributed by atoms with Crippen molar-refractivity contribution in [2.24, 2.45) is 5.73 Å². The van der Waals surface area contributed by atoms with E-state index in [2.05, 4.69) is 5.32 Å². The summed E-state index contributed by atoms with van der Waals surface area (Å²) in [5, 5.41) is 2.64. The van der Waals surface area contributed by atoms with Crippen LogP contribution in [0, 0.1) is 6.92 Å². The average Bonchev–Trinajstić information content (AvgIpc) is 2.28. The molecule has 106 valence electrons. The molecule has 0 spiro atoms. The van der Waals surface area contributed by atoms with Crippen LogP contribution < -0.4 is 11.1 Å². The Morgan fingerprint density at radius 2 is 2.11 bits per heavy atom. The highest BCUT2D eigenvalue weighted by Gasteiger charge is 2.17. The Bertz CT molecular complexity index is 455. The minimum Gasteiger partial charge on any atom is -0.444 e. The predicted molar refractivity (Wildman–Crippen MR) is 73.9 cm³/mol. The molecule has 1 aromatic carbocycles. The van der Waals surface area contributed by atoms with Crippen LogP contribution in [0.2, 0.25) is 0 Å². The number of carbonyl (C=O) groups is 1. The van der Waals surface area contributed by atoms with Gasteiger partial charge in [-0.2, -0.15) is 0 Å². The lowest BCUT2D eigenvalue weighted by atomic mass is 10.1. The van der Waals surface area contributed by atoms with E-state index in [4.69, 9.17) is 10.5 Å². The first-order valence-electron chi connectivity index (χ1n) is 6.17. The fraction of sp³-hybridized carbons (Fsp3) is 0.500. The highest BCUT2D eigenvalue weighted by atomic mass is 19.1. The van der Waals surface area contributed by atoms with E-state index in [-0.39, 0.29) is 6.54 Å². The zero-order valence-electron chi connectivity index (χ0n) is 11.8. The second kappa shape index (κ2) is 6.02. The van der Waals surface area contributed by atoms with E-state index in [9.17, 15) is 9.18 Å². The van der Waals surface area contributed by atoms with Gasteiger partial charge in [0.2, 0.25) is 0 Å². The lowest BCUT2D eigenvalue weighted by molar-refractivity contribution is 0.0636. The first-order chi connectivity index (χ1) is 8.73. The van der Waals surface area contributed by atoms with Crippen LogP contribution >= 0.6 is 0 Å². The molecule has 0 bridgehead atoms. The number of rotatable bonds is 3. The van der Waals surface area contributed by atoms with Crippen LogP contribution in [0.4, 0.5) is 14.9 Å². The van der Waals surface area contributed by atoms with Gasteiger partial charge in [0.25, 0.3) is 0 Å². The molecule has 0 aliphatic heterocycles. The molecule has 0 heterocycles. The normalized spacial score (nSPS) is 12.9. The summed E-state index contributed by atoms with van der Waals surface area (Å²) in [4.78, 5) is 11.6. The second-order valence-corrected chi connectivity index (χ2v) is 5.40. The molecule has 0 saturated carbocycles. The Morgan fingerprint density at radius 3 is 2.58 bits per heavy atom. The van der Waals surface area contributed by atoms with Gasteiger partial charge in [-0.1, -0.05) is 12.1 Å². The molecule has 0 aromatic heterocycles. The smallest absolute Gasteiger partial charge is 0.412 e. The van der Waals surface area contributed by atoms with Gasteiger partial charge in [-0.15, -0.1) is 0 Å². The third kappa shape index (κ3) is 4.87. The maximum Gasteiger partial charge on any atom is 0.412 e. The van der Waals surface area contributed by atoms with Gasteiger partial charge >= 0.3 is 6.09 Å². The number of nitrogens with one attached hydrogen (secondary N) is 1. The van der Waals surface area contributed by atoms with Gasteiger partial charge in [-0.25, -0.2) is 9.18 Å². The quantitative estimate of drug-likeness (QED) is 0.884. The van der Waals surface area contributed by atoms with Gasteiger partial charge in [-0.05, 0) is 44.9 Å². The molecule has 19 heavy (non-hydrogen) atoms. The number of nitrogens with two attached hydrogens (primary N) is 1. The van der Waals surface area contributed by atoms with Crippen molar-refractivity contribution >= 4 is 11.8 Å². The number of carbonyl (C=O) groups excluding carboxylic acids is 1. The van der Waals surface area contributed by atoms with Crippen molar-refractivity contribution in [3.05, 3.63) is 29.3 Å². The van der Waals surface area contributed by atoms with E-state index in [0.717, 1.165) is 5.56 Å². The van der Waals surface area contributed by atoms with E-state index in [1.807, 2.05) is 0 Å². The lowest BCUT2D eigenvalue weighted by Gasteiger charge is -2.20. The summed E-state index contributed by atoms with van der Waals surface area (Å²) in [5.74, 6) is 0. The van der Waals surface area contributed by atoms with Gasteiger partial charge in [0.1, 0.15) is 11.8 Å². The number of aryl methyl sites for hydroxylation is 1. The minimum absolute atomic E-state index is 0.0573. The number of benzene rings is 1. The van der Waals surface area contributed by atoms with Gasteiger partial charge in [0.05, 0.1) is 0 Å². The molecule has 5 heteroatoms. The van der Waals surface area contributed by atoms with Gasteiger partial charge < -0.3 is 10.5 Å². The number of halogens is 1. The predicted octanol–water partition coefficient (Wildman–Crippen LogP) is 3.31. The van der Waals surface area contributed by atoms with Crippen LogP contribution in [-0.4, -0.2) is 18.2 Å². The Balaban J connectivity index is 2.78. The number of alkyl halides is 1. The Hall–Kier alpha value is -1.62. The van der Waals surface area contributed by atoms with Crippen molar-refractivity contribution in [3.8, 4) is 0 Å². The molecule has 4 nitrogen and oxygen atoms in total. The minimum atomic E-state index is -1.19. The standard InChI is InChI=1S/C14H21FN2O2/c1-9-7-10(11(15)8-16)5-6-12(9)17-13(18)19-14(2,3)4/h5-7,11H,8,16H2,1-4H3,(H,17,18). The molecule has 1 atom stereocenters. The van der Waals surface area contributed by atoms with Crippen molar-refractivity contribution in [2.75, 3.05) is 11.9 Å². The topological polar surface area (TPSA) is 64.3 Å². The van der Waals surface area contributed by atoms with Gasteiger partial charge in [0, 0.05) is 12.2 Å². The van der Waals surface area contributed by atoms with E-state index in [1.165, 1.54) is 0 Å². The maximum atomic E-state index is 13.4. The summed E-state index contributed by atoms with van der Waals surface area (Å²) in [7, 11) is 0. The Labute approximate surface area is 113 Å². The summed E-state index contributed by atoms with van der Waals surface area (Å²) in [5.41, 5.74) is 6.60. The number of amides is 1. The van der Waals surface area contributed by atoms with Crippen LogP contribution in [0.25, 0.3) is 0 Å².